The Morgan fingerprint density at radius 3 is 2.74 bits per heavy atom. The van der Waals surface area contributed by atoms with Crippen molar-refractivity contribution >= 4 is 28.8 Å². The first kappa shape index (κ1) is 21.9. The average molecular weight is 459 g/mol. The molecule has 0 spiro atoms. The molecule has 3 aromatic rings. The van der Waals surface area contributed by atoms with E-state index in [1.54, 1.807) is 0 Å². The number of benzene rings is 1. The van der Waals surface area contributed by atoms with Gasteiger partial charge in [0.05, 0.1) is 16.1 Å². The van der Waals surface area contributed by atoms with Crippen molar-refractivity contribution in [3.05, 3.63) is 68.6 Å². The summed E-state index contributed by atoms with van der Waals surface area (Å²) in [6, 6.07) is 7.65. The molecule has 0 unspecified atom stereocenters. The first-order valence-corrected chi connectivity index (χ1v) is 11.8. The minimum absolute atomic E-state index is 0.100. The number of halogens is 1. The van der Waals surface area contributed by atoms with Gasteiger partial charge in [0.15, 0.2) is 0 Å². The molecular formula is C23H27ClN4O2S. The third-order valence-corrected chi connectivity index (χ3v) is 6.70. The van der Waals surface area contributed by atoms with E-state index in [9.17, 15) is 4.79 Å². The molecule has 8 heteroatoms. The standard InChI is InChI=1S/C23H27ClN4O2S/c1-3-28-14-19(12-25-28)13-26-6-8-27(9-7-26)23(29)22-11-18(16-31-22)15-30-21-10-17(2)4-5-20(21)24/h4-5,10-12,14,16H,3,6-9,13,15H2,1-2H3. The van der Waals surface area contributed by atoms with Gasteiger partial charge in [0.1, 0.15) is 12.4 Å². The fraction of sp³-hybridized carbons (Fsp3) is 0.391. The number of piperazine rings is 1. The van der Waals surface area contributed by atoms with Crippen LogP contribution in [0.25, 0.3) is 0 Å². The molecule has 6 nitrogen and oxygen atoms in total. The predicted octanol–water partition coefficient (Wildman–Crippen LogP) is 4.46. The minimum Gasteiger partial charge on any atom is -0.487 e. The van der Waals surface area contributed by atoms with E-state index in [1.807, 2.05) is 52.3 Å². The Hall–Kier alpha value is -2.35. The molecule has 0 saturated carbocycles. The lowest BCUT2D eigenvalue weighted by atomic mass is 10.2. The van der Waals surface area contributed by atoms with Crippen LogP contribution in [0.15, 0.2) is 42.0 Å². The van der Waals surface area contributed by atoms with Crippen molar-refractivity contribution in [3.63, 3.8) is 0 Å². The largest absolute Gasteiger partial charge is 0.487 e. The Kier molecular flexibility index (Phi) is 6.95. The van der Waals surface area contributed by atoms with E-state index in [-0.39, 0.29) is 5.91 Å². The zero-order chi connectivity index (χ0) is 21.8. The molecule has 0 aliphatic carbocycles. The van der Waals surface area contributed by atoms with E-state index in [1.165, 1.54) is 16.9 Å². The highest BCUT2D eigenvalue weighted by Gasteiger charge is 2.23. The summed E-state index contributed by atoms with van der Waals surface area (Å²) in [7, 11) is 0. The van der Waals surface area contributed by atoms with Crippen LogP contribution in [0.1, 0.15) is 33.3 Å². The number of aryl methyl sites for hydroxylation is 2. The van der Waals surface area contributed by atoms with Crippen molar-refractivity contribution in [3.8, 4) is 5.75 Å². The van der Waals surface area contributed by atoms with Gasteiger partial charge in [-0.25, -0.2) is 0 Å². The number of hydrogen-bond donors (Lipinski definition) is 0. The first-order valence-electron chi connectivity index (χ1n) is 10.5. The Balaban J connectivity index is 1.28. The molecule has 1 saturated heterocycles. The second-order valence-corrected chi connectivity index (χ2v) is 9.13. The molecule has 1 aromatic carbocycles. The maximum Gasteiger partial charge on any atom is 0.264 e. The van der Waals surface area contributed by atoms with Crippen LogP contribution < -0.4 is 4.74 Å². The van der Waals surface area contributed by atoms with E-state index in [0.29, 0.717) is 17.4 Å². The van der Waals surface area contributed by atoms with Gasteiger partial charge < -0.3 is 9.64 Å². The van der Waals surface area contributed by atoms with Gasteiger partial charge in [0.25, 0.3) is 5.91 Å². The van der Waals surface area contributed by atoms with Crippen LogP contribution in [-0.4, -0.2) is 51.7 Å². The number of nitrogens with zero attached hydrogens (tertiary/aromatic N) is 4. The normalized spacial score (nSPS) is 14.7. The zero-order valence-corrected chi connectivity index (χ0v) is 19.5. The molecule has 2 aromatic heterocycles. The fourth-order valence-corrected chi connectivity index (χ4v) is 4.67. The number of carbonyl (C=O) groups excluding carboxylic acids is 1. The second kappa shape index (κ2) is 9.85. The van der Waals surface area contributed by atoms with Gasteiger partial charge in [-0.15, -0.1) is 11.3 Å². The van der Waals surface area contributed by atoms with Gasteiger partial charge in [-0.2, -0.15) is 5.10 Å². The Morgan fingerprint density at radius 1 is 1.19 bits per heavy atom. The van der Waals surface area contributed by atoms with E-state index >= 15 is 0 Å². The van der Waals surface area contributed by atoms with Crippen molar-refractivity contribution in [1.29, 1.82) is 0 Å². The Labute approximate surface area is 192 Å². The number of rotatable bonds is 7. The number of aromatic nitrogens is 2. The zero-order valence-electron chi connectivity index (χ0n) is 17.9. The lowest BCUT2D eigenvalue weighted by Crippen LogP contribution is -2.48. The maximum atomic E-state index is 12.9. The number of ether oxygens (including phenoxy) is 1. The number of amides is 1. The quantitative estimate of drug-likeness (QED) is 0.524. The van der Waals surface area contributed by atoms with E-state index in [4.69, 9.17) is 16.3 Å². The van der Waals surface area contributed by atoms with Crippen LogP contribution in [0.3, 0.4) is 0 Å². The lowest BCUT2D eigenvalue weighted by molar-refractivity contribution is 0.0633. The monoisotopic (exact) mass is 458 g/mol. The van der Waals surface area contributed by atoms with E-state index < -0.39 is 0 Å². The van der Waals surface area contributed by atoms with Gasteiger partial charge >= 0.3 is 0 Å². The SMILES string of the molecule is CCn1cc(CN2CCN(C(=O)c3cc(COc4cc(C)ccc4Cl)cs3)CC2)cn1. The first-order chi connectivity index (χ1) is 15.0. The van der Waals surface area contributed by atoms with Crippen molar-refractivity contribution in [2.75, 3.05) is 26.2 Å². The summed E-state index contributed by atoms with van der Waals surface area (Å²) in [4.78, 5) is 18.0. The van der Waals surface area contributed by atoms with E-state index in [2.05, 4.69) is 23.1 Å². The van der Waals surface area contributed by atoms with Crippen LogP contribution in [0, 0.1) is 6.92 Å². The van der Waals surface area contributed by atoms with Gasteiger partial charge in [-0.05, 0) is 43.0 Å². The van der Waals surface area contributed by atoms with Crippen molar-refractivity contribution < 1.29 is 9.53 Å². The number of carbonyl (C=O) groups is 1. The average Bonchev–Trinajstić information content (AvgIpc) is 3.44. The molecule has 0 bridgehead atoms. The Morgan fingerprint density at radius 2 is 2.00 bits per heavy atom. The number of hydrogen-bond acceptors (Lipinski definition) is 5. The molecule has 1 fully saturated rings. The molecule has 4 rings (SSSR count). The summed E-state index contributed by atoms with van der Waals surface area (Å²) < 4.78 is 7.80. The highest BCUT2D eigenvalue weighted by molar-refractivity contribution is 7.12. The summed E-state index contributed by atoms with van der Waals surface area (Å²) in [5.41, 5.74) is 3.30. The molecule has 0 radical (unpaired) electrons. The van der Waals surface area contributed by atoms with Crippen molar-refractivity contribution in [1.82, 2.24) is 19.6 Å². The summed E-state index contributed by atoms with van der Waals surface area (Å²) in [5, 5.41) is 6.92. The van der Waals surface area contributed by atoms with Crippen LogP contribution in [0.4, 0.5) is 0 Å². The summed E-state index contributed by atoms with van der Waals surface area (Å²) in [6.07, 6.45) is 4.02. The topological polar surface area (TPSA) is 50.6 Å². The van der Waals surface area contributed by atoms with Crippen LogP contribution in [-0.2, 0) is 19.7 Å². The minimum atomic E-state index is 0.100. The highest BCUT2D eigenvalue weighted by Crippen LogP contribution is 2.27. The molecule has 0 N–H and O–H groups in total. The van der Waals surface area contributed by atoms with Crippen LogP contribution in [0.2, 0.25) is 5.02 Å². The molecule has 164 valence electrons. The maximum absolute atomic E-state index is 12.9. The summed E-state index contributed by atoms with van der Waals surface area (Å²) in [6.45, 7) is 9.47. The van der Waals surface area contributed by atoms with Crippen molar-refractivity contribution in [2.24, 2.45) is 0 Å². The van der Waals surface area contributed by atoms with E-state index in [0.717, 1.165) is 55.3 Å². The molecular weight excluding hydrogens is 432 g/mol. The van der Waals surface area contributed by atoms with Crippen LogP contribution in [0.5, 0.6) is 5.75 Å². The van der Waals surface area contributed by atoms with Gasteiger partial charge in [0, 0.05) is 56.6 Å². The fourth-order valence-electron chi connectivity index (χ4n) is 3.63. The molecule has 3 heterocycles. The van der Waals surface area contributed by atoms with Gasteiger partial charge in [-0.3, -0.25) is 14.4 Å². The van der Waals surface area contributed by atoms with Gasteiger partial charge in [0.2, 0.25) is 0 Å². The highest BCUT2D eigenvalue weighted by atomic mass is 35.5. The lowest BCUT2D eigenvalue weighted by Gasteiger charge is -2.34. The summed E-state index contributed by atoms with van der Waals surface area (Å²) >= 11 is 7.67. The molecule has 1 aliphatic rings. The van der Waals surface area contributed by atoms with Gasteiger partial charge in [-0.1, -0.05) is 17.7 Å². The third kappa shape index (κ3) is 5.47. The molecule has 1 aliphatic heterocycles. The third-order valence-electron chi connectivity index (χ3n) is 5.42. The summed E-state index contributed by atoms with van der Waals surface area (Å²) in [5.74, 6) is 0.768. The molecule has 0 atom stereocenters. The van der Waals surface area contributed by atoms with Crippen LogP contribution >= 0.6 is 22.9 Å². The molecule has 1 amide bonds. The van der Waals surface area contributed by atoms with Crippen molar-refractivity contribution in [2.45, 2.75) is 33.5 Å². The Bertz CT molecular complexity index is 1040. The predicted molar refractivity (Wildman–Crippen MR) is 124 cm³/mol. The second-order valence-electron chi connectivity index (χ2n) is 7.81. The number of thiophene rings is 1. The molecule has 31 heavy (non-hydrogen) atoms. The smallest absolute Gasteiger partial charge is 0.264 e.